The fraction of sp³-hybridized carbons (Fsp3) is 0.429. The van der Waals surface area contributed by atoms with Gasteiger partial charge < -0.3 is 11.1 Å². The fourth-order valence-electron chi connectivity index (χ4n) is 1.43. The van der Waals surface area contributed by atoms with Gasteiger partial charge in [0.1, 0.15) is 6.04 Å². The molecule has 0 saturated carbocycles. The van der Waals surface area contributed by atoms with Crippen molar-refractivity contribution in [1.29, 1.82) is 0 Å². The van der Waals surface area contributed by atoms with E-state index in [0.717, 1.165) is 11.1 Å². The lowest BCUT2D eigenvalue weighted by molar-refractivity contribution is -0.126. The van der Waals surface area contributed by atoms with Crippen LogP contribution < -0.4 is 11.1 Å². The maximum absolute atomic E-state index is 11.1. The molecular formula is C14H22N2O2. The van der Waals surface area contributed by atoms with Crippen molar-refractivity contribution in [2.24, 2.45) is 5.73 Å². The second kappa shape index (κ2) is 8.28. The van der Waals surface area contributed by atoms with Gasteiger partial charge in [-0.25, -0.2) is 0 Å². The van der Waals surface area contributed by atoms with Gasteiger partial charge in [0.15, 0.2) is 0 Å². The Balaban J connectivity index is 0.00000137. The Morgan fingerprint density at radius 1 is 1.22 bits per heavy atom. The van der Waals surface area contributed by atoms with Crippen LogP contribution in [0.25, 0.3) is 0 Å². The third kappa shape index (κ3) is 6.03. The van der Waals surface area contributed by atoms with E-state index in [1.54, 1.807) is 0 Å². The second-order valence-corrected chi connectivity index (χ2v) is 3.85. The van der Waals surface area contributed by atoms with Gasteiger partial charge in [-0.05, 0) is 12.5 Å². The van der Waals surface area contributed by atoms with E-state index in [2.05, 4.69) is 5.32 Å². The zero-order valence-corrected chi connectivity index (χ0v) is 11.5. The van der Waals surface area contributed by atoms with Crippen LogP contribution in [0.3, 0.4) is 0 Å². The summed E-state index contributed by atoms with van der Waals surface area (Å²) >= 11 is 0. The highest BCUT2D eigenvalue weighted by Gasteiger charge is 2.16. The molecule has 1 rings (SSSR count). The molecule has 0 aliphatic heterocycles. The molecule has 100 valence electrons. The lowest BCUT2D eigenvalue weighted by atomic mass is 10.0. The molecule has 0 fully saturated rings. The minimum Gasteiger partial charge on any atom is -0.368 e. The van der Waals surface area contributed by atoms with Gasteiger partial charge >= 0.3 is 0 Å². The molecule has 0 heterocycles. The molecule has 0 radical (unpaired) electrons. The maximum Gasteiger partial charge on any atom is 0.240 e. The lowest BCUT2D eigenvalue weighted by Gasteiger charge is -2.14. The first-order valence-electron chi connectivity index (χ1n) is 6.11. The molecule has 0 saturated heterocycles. The van der Waals surface area contributed by atoms with Crippen molar-refractivity contribution >= 4 is 11.8 Å². The van der Waals surface area contributed by atoms with E-state index in [4.69, 9.17) is 5.73 Å². The molecule has 0 bridgehead atoms. The van der Waals surface area contributed by atoms with Crippen LogP contribution in [-0.4, -0.2) is 17.9 Å². The summed E-state index contributed by atoms with van der Waals surface area (Å²) in [7, 11) is 0. The van der Waals surface area contributed by atoms with Crippen LogP contribution >= 0.6 is 0 Å². The first-order valence-corrected chi connectivity index (χ1v) is 6.11. The summed E-state index contributed by atoms with van der Waals surface area (Å²) in [5, 5.41) is 2.53. The van der Waals surface area contributed by atoms with Gasteiger partial charge in [-0.1, -0.05) is 43.7 Å². The number of carbonyl (C=O) groups excluding carboxylic acids is 2. The molecule has 4 heteroatoms. The Labute approximate surface area is 109 Å². The third-order valence-corrected chi connectivity index (χ3v) is 2.28. The molecule has 0 aromatic heterocycles. The van der Waals surface area contributed by atoms with Gasteiger partial charge in [-0.15, -0.1) is 0 Å². The van der Waals surface area contributed by atoms with E-state index >= 15 is 0 Å². The molecule has 1 aromatic carbocycles. The average Bonchev–Trinajstić information content (AvgIpc) is 2.33. The molecule has 0 spiro atoms. The number of nitrogens with two attached hydrogens (primary N) is 1. The number of carbonyl (C=O) groups is 2. The summed E-state index contributed by atoms with van der Waals surface area (Å²) in [4.78, 5) is 22.0. The number of nitrogens with one attached hydrogen (secondary N) is 1. The molecule has 0 aliphatic carbocycles. The molecule has 0 unspecified atom stereocenters. The lowest BCUT2D eigenvalue weighted by Crippen LogP contribution is -2.44. The van der Waals surface area contributed by atoms with Crippen molar-refractivity contribution in [3.63, 3.8) is 0 Å². The molecule has 2 amide bonds. The summed E-state index contributed by atoms with van der Waals surface area (Å²) in [5.74, 6) is -0.772. The highest BCUT2D eigenvalue weighted by Crippen LogP contribution is 2.06. The molecule has 18 heavy (non-hydrogen) atoms. The number of rotatable bonds is 4. The Bertz CT molecular complexity index is 385. The van der Waals surface area contributed by atoms with E-state index in [9.17, 15) is 9.59 Å². The van der Waals surface area contributed by atoms with Crippen molar-refractivity contribution < 1.29 is 9.59 Å². The Hall–Kier alpha value is -1.84. The predicted molar refractivity (Wildman–Crippen MR) is 73.0 cm³/mol. The molecule has 1 atom stereocenters. The van der Waals surface area contributed by atoms with Crippen molar-refractivity contribution in [2.75, 3.05) is 0 Å². The Kier molecular flexibility index (Phi) is 7.43. The van der Waals surface area contributed by atoms with Gasteiger partial charge in [0.05, 0.1) is 0 Å². The summed E-state index contributed by atoms with van der Waals surface area (Å²) < 4.78 is 0. The topological polar surface area (TPSA) is 72.2 Å². The summed E-state index contributed by atoms with van der Waals surface area (Å²) in [6.45, 7) is 7.36. The number of benzene rings is 1. The van der Waals surface area contributed by atoms with Gasteiger partial charge in [0, 0.05) is 13.3 Å². The van der Waals surface area contributed by atoms with E-state index in [1.807, 2.05) is 45.0 Å². The van der Waals surface area contributed by atoms with Crippen molar-refractivity contribution in [3.05, 3.63) is 35.4 Å². The van der Waals surface area contributed by atoms with E-state index in [-0.39, 0.29) is 5.91 Å². The Morgan fingerprint density at radius 3 is 2.11 bits per heavy atom. The molecule has 4 nitrogen and oxygen atoms in total. The molecular weight excluding hydrogens is 228 g/mol. The zero-order chi connectivity index (χ0) is 14.1. The second-order valence-electron chi connectivity index (χ2n) is 3.85. The normalized spacial score (nSPS) is 10.9. The van der Waals surface area contributed by atoms with Gasteiger partial charge in [0.25, 0.3) is 0 Å². The van der Waals surface area contributed by atoms with E-state index in [1.165, 1.54) is 6.92 Å². The highest BCUT2D eigenvalue weighted by atomic mass is 16.2. The monoisotopic (exact) mass is 250 g/mol. The summed E-state index contributed by atoms with van der Waals surface area (Å²) in [5.41, 5.74) is 7.34. The van der Waals surface area contributed by atoms with Crippen molar-refractivity contribution in [2.45, 2.75) is 40.2 Å². The SMILES string of the molecule is CC.CC(=O)N[C@@H](Cc1ccc(C)cc1)C(N)=O. The smallest absolute Gasteiger partial charge is 0.240 e. The van der Waals surface area contributed by atoms with Crippen LogP contribution in [-0.2, 0) is 16.0 Å². The fourth-order valence-corrected chi connectivity index (χ4v) is 1.43. The third-order valence-electron chi connectivity index (χ3n) is 2.28. The van der Waals surface area contributed by atoms with E-state index in [0.29, 0.717) is 6.42 Å². The largest absolute Gasteiger partial charge is 0.368 e. The molecule has 1 aromatic rings. The minimum atomic E-state index is -0.639. The van der Waals surface area contributed by atoms with Crippen molar-refractivity contribution in [1.82, 2.24) is 5.32 Å². The Morgan fingerprint density at radius 2 is 1.72 bits per heavy atom. The number of primary amides is 1. The average molecular weight is 250 g/mol. The van der Waals surface area contributed by atoms with Gasteiger partial charge in [0.2, 0.25) is 11.8 Å². The minimum absolute atomic E-state index is 0.254. The van der Waals surface area contributed by atoms with Crippen LogP contribution in [0.5, 0.6) is 0 Å². The predicted octanol–water partition coefficient (Wildman–Crippen LogP) is 1.55. The van der Waals surface area contributed by atoms with Crippen LogP contribution in [0, 0.1) is 6.92 Å². The quantitative estimate of drug-likeness (QED) is 0.851. The van der Waals surface area contributed by atoms with Crippen LogP contribution in [0.1, 0.15) is 31.9 Å². The standard InChI is InChI=1S/C12H16N2O2.C2H6/c1-8-3-5-10(6-4-8)7-11(12(13)16)14-9(2)15;1-2/h3-6,11H,7H2,1-2H3,(H2,13,16)(H,14,15);1-2H3/t11-;/m0./s1. The van der Waals surface area contributed by atoms with Gasteiger partial charge in [-0.2, -0.15) is 0 Å². The molecule has 3 N–H and O–H groups in total. The first kappa shape index (κ1) is 16.2. The van der Waals surface area contributed by atoms with Crippen LogP contribution in [0.2, 0.25) is 0 Å². The highest BCUT2D eigenvalue weighted by molar-refractivity contribution is 5.85. The summed E-state index contributed by atoms with van der Waals surface area (Å²) in [6.07, 6.45) is 0.426. The van der Waals surface area contributed by atoms with E-state index < -0.39 is 11.9 Å². The van der Waals surface area contributed by atoms with Crippen molar-refractivity contribution in [3.8, 4) is 0 Å². The summed E-state index contributed by atoms with van der Waals surface area (Å²) in [6, 6.07) is 7.13. The number of hydrogen-bond donors (Lipinski definition) is 2. The number of aryl methyl sites for hydroxylation is 1. The van der Waals surface area contributed by atoms with Crippen LogP contribution in [0.15, 0.2) is 24.3 Å². The number of hydrogen-bond acceptors (Lipinski definition) is 2. The maximum atomic E-state index is 11.1. The first-order chi connectivity index (χ1) is 8.49. The number of amides is 2. The zero-order valence-electron chi connectivity index (χ0n) is 11.5. The van der Waals surface area contributed by atoms with Gasteiger partial charge in [-0.3, -0.25) is 9.59 Å². The van der Waals surface area contributed by atoms with Crippen LogP contribution in [0.4, 0.5) is 0 Å². The molecule has 0 aliphatic rings.